The van der Waals surface area contributed by atoms with Crippen molar-refractivity contribution in [3.63, 3.8) is 0 Å². The van der Waals surface area contributed by atoms with Crippen molar-refractivity contribution in [1.82, 2.24) is 5.32 Å². The zero-order valence-corrected chi connectivity index (χ0v) is 11.7. The summed E-state index contributed by atoms with van der Waals surface area (Å²) in [5, 5.41) is 2.77. The molecule has 0 aliphatic heterocycles. The quantitative estimate of drug-likeness (QED) is 0.778. The van der Waals surface area contributed by atoms with Gasteiger partial charge in [-0.1, -0.05) is 12.1 Å². The highest BCUT2D eigenvalue weighted by Crippen LogP contribution is 2.15. The van der Waals surface area contributed by atoms with Gasteiger partial charge in [-0.05, 0) is 31.5 Å². The summed E-state index contributed by atoms with van der Waals surface area (Å²) in [5.41, 5.74) is 6.79. The van der Waals surface area contributed by atoms with Gasteiger partial charge in [-0.2, -0.15) is 0 Å². The number of hydrogen-bond acceptors (Lipinski definition) is 4. The topological polar surface area (TPSA) is 73.6 Å². The average molecular weight is 266 g/mol. The van der Waals surface area contributed by atoms with Crippen molar-refractivity contribution in [2.24, 2.45) is 5.73 Å². The largest absolute Gasteiger partial charge is 0.484 e. The Kier molecular flexibility index (Phi) is 6.32. The molecule has 0 aromatic heterocycles. The third kappa shape index (κ3) is 5.72. The molecule has 3 N–H and O–H groups in total. The summed E-state index contributed by atoms with van der Waals surface area (Å²) in [6.07, 6.45) is 0. The van der Waals surface area contributed by atoms with E-state index in [1.54, 1.807) is 7.11 Å². The Hall–Kier alpha value is -1.59. The van der Waals surface area contributed by atoms with Crippen molar-refractivity contribution in [3.8, 4) is 5.75 Å². The smallest absolute Gasteiger partial charge is 0.258 e. The first kappa shape index (κ1) is 15.5. The van der Waals surface area contributed by atoms with Crippen molar-refractivity contribution in [2.45, 2.75) is 25.9 Å². The molecule has 0 fully saturated rings. The lowest BCUT2D eigenvalue weighted by atomic mass is 10.1. The van der Waals surface area contributed by atoms with E-state index in [9.17, 15) is 4.79 Å². The number of carbonyl (C=O) groups excluding carboxylic acids is 1. The molecule has 0 aliphatic carbocycles. The van der Waals surface area contributed by atoms with Crippen LogP contribution in [0.25, 0.3) is 0 Å². The summed E-state index contributed by atoms with van der Waals surface area (Å²) in [5.74, 6) is 0.486. The van der Waals surface area contributed by atoms with Crippen LogP contribution in [0, 0.1) is 0 Å². The predicted molar refractivity (Wildman–Crippen MR) is 74.0 cm³/mol. The molecule has 5 nitrogen and oxygen atoms in total. The first-order chi connectivity index (χ1) is 9.02. The number of methoxy groups -OCH3 is 1. The monoisotopic (exact) mass is 266 g/mol. The van der Waals surface area contributed by atoms with E-state index in [0.717, 1.165) is 5.56 Å². The second-order valence-corrected chi connectivity index (χ2v) is 4.57. The molecule has 2 atom stereocenters. The van der Waals surface area contributed by atoms with Gasteiger partial charge in [0.25, 0.3) is 5.91 Å². The molecular formula is C14H22N2O3. The molecule has 0 spiro atoms. The zero-order valence-electron chi connectivity index (χ0n) is 11.7. The van der Waals surface area contributed by atoms with E-state index in [1.165, 1.54) is 0 Å². The minimum atomic E-state index is -0.166. The van der Waals surface area contributed by atoms with Crippen molar-refractivity contribution in [3.05, 3.63) is 29.8 Å². The highest BCUT2D eigenvalue weighted by atomic mass is 16.5. The van der Waals surface area contributed by atoms with Crippen LogP contribution in [-0.4, -0.2) is 32.3 Å². The lowest BCUT2D eigenvalue weighted by Gasteiger charge is -2.13. The number of benzene rings is 1. The van der Waals surface area contributed by atoms with Crippen LogP contribution in [0.15, 0.2) is 24.3 Å². The van der Waals surface area contributed by atoms with Crippen molar-refractivity contribution in [1.29, 1.82) is 0 Å². The van der Waals surface area contributed by atoms with E-state index >= 15 is 0 Å². The molecule has 19 heavy (non-hydrogen) atoms. The van der Waals surface area contributed by atoms with Gasteiger partial charge < -0.3 is 20.5 Å². The van der Waals surface area contributed by atoms with E-state index in [0.29, 0.717) is 12.4 Å². The van der Waals surface area contributed by atoms with E-state index in [1.807, 2.05) is 38.1 Å². The fourth-order valence-electron chi connectivity index (χ4n) is 1.62. The number of hydrogen-bond donors (Lipinski definition) is 2. The van der Waals surface area contributed by atoms with Gasteiger partial charge in [-0.3, -0.25) is 4.79 Å². The molecule has 1 amide bonds. The summed E-state index contributed by atoms with van der Waals surface area (Å²) >= 11 is 0. The van der Waals surface area contributed by atoms with Gasteiger partial charge in [0.05, 0.1) is 6.61 Å². The molecule has 1 rings (SSSR count). The third-order valence-corrected chi connectivity index (χ3v) is 2.60. The summed E-state index contributed by atoms with van der Waals surface area (Å²) < 4.78 is 10.3. The van der Waals surface area contributed by atoms with E-state index in [2.05, 4.69) is 5.32 Å². The molecule has 0 heterocycles. The van der Waals surface area contributed by atoms with Gasteiger partial charge in [0, 0.05) is 19.2 Å². The number of rotatable bonds is 7. The number of ether oxygens (including phenoxy) is 2. The van der Waals surface area contributed by atoms with Crippen LogP contribution < -0.4 is 15.8 Å². The second-order valence-electron chi connectivity index (χ2n) is 4.57. The van der Waals surface area contributed by atoms with Crippen LogP contribution in [0.2, 0.25) is 0 Å². The Morgan fingerprint density at radius 1 is 1.32 bits per heavy atom. The maximum absolute atomic E-state index is 11.6. The summed E-state index contributed by atoms with van der Waals surface area (Å²) in [6, 6.07) is 7.38. The SMILES string of the molecule is COCC(C)NC(=O)COc1ccc([C@@H](C)N)cc1. The summed E-state index contributed by atoms with van der Waals surface area (Å²) in [4.78, 5) is 11.6. The van der Waals surface area contributed by atoms with Crippen LogP contribution in [-0.2, 0) is 9.53 Å². The van der Waals surface area contributed by atoms with Crippen LogP contribution in [0.3, 0.4) is 0 Å². The minimum absolute atomic E-state index is 0.00718. The Balaban J connectivity index is 2.37. The van der Waals surface area contributed by atoms with Crippen LogP contribution in [0.1, 0.15) is 25.5 Å². The van der Waals surface area contributed by atoms with Gasteiger partial charge >= 0.3 is 0 Å². The Bertz CT molecular complexity index is 390. The van der Waals surface area contributed by atoms with Crippen LogP contribution in [0.4, 0.5) is 0 Å². The fourth-order valence-corrected chi connectivity index (χ4v) is 1.62. The molecule has 0 aliphatic rings. The number of carbonyl (C=O) groups is 1. The maximum atomic E-state index is 11.6. The van der Waals surface area contributed by atoms with Gasteiger partial charge in [0.1, 0.15) is 5.75 Å². The zero-order chi connectivity index (χ0) is 14.3. The van der Waals surface area contributed by atoms with E-state index in [4.69, 9.17) is 15.2 Å². The first-order valence-electron chi connectivity index (χ1n) is 6.29. The normalized spacial score (nSPS) is 13.7. The predicted octanol–water partition coefficient (Wildman–Crippen LogP) is 1.24. The standard InChI is InChI=1S/C14H22N2O3/c1-10(8-18-3)16-14(17)9-19-13-6-4-12(5-7-13)11(2)15/h4-7,10-11H,8-9,15H2,1-3H3,(H,16,17)/t10?,11-/m1/s1. The Morgan fingerprint density at radius 3 is 2.47 bits per heavy atom. The lowest BCUT2D eigenvalue weighted by molar-refractivity contribution is -0.124. The molecule has 1 unspecified atom stereocenters. The Labute approximate surface area is 114 Å². The van der Waals surface area contributed by atoms with Gasteiger partial charge in [0.15, 0.2) is 6.61 Å². The summed E-state index contributed by atoms with van der Waals surface area (Å²) in [6.45, 7) is 4.26. The third-order valence-electron chi connectivity index (χ3n) is 2.60. The molecule has 1 aromatic carbocycles. The second kappa shape index (κ2) is 7.76. The van der Waals surface area contributed by atoms with E-state index < -0.39 is 0 Å². The molecule has 0 saturated carbocycles. The van der Waals surface area contributed by atoms with Gasteiger partial charge in [-0.15, -0.1) is 0 Å². The fraction of sp³-hybridized carbons (Fsp3) is 0.500. The molecular weight excluding hydrogens is 244 g/mol. The molecule has 106 valence electrons. The van der Waals surface area contributed by atoms with Gasteiger partial charge in [-0.25, -0.2) is 0 Å². The summed E-state index contributed by atoms with van der Waals surface area (Å²) in [7, 11) is 1.60. The number of amides is 1. The lowest BCUT2D eigenvalue weighted by Crippen LogP contribution is -2.38. The average Bonchev–Trinajstić information content (AvgIpc) is 2.37. The van der Waals surface area contributed by atoms with Crippen LogP contribution >= 0.6 is 0 Å². The molecule has 0 bridgehead atoms. The molecule has 1 aromatic rings. The van der Waals surface area contributed by atoms with Crippen LogP contribution in [0.5, 0.6) is 5.75 Å². The molecule has 0 radical (unpaired) electrons. The van der Waals surface area contributed by atoms with Crippen molar-refractivity contribution < 1.29 is 14.3 Å². The Morgan fingerprint density at radius 2 is 1.95 bits per heavy atom. The maximum Gasteiger partial charge on any atom is 0.258 e. The van der Waals surface area contributed by atoms with Gasteiger partial charge in [0.2, 0.25) is 0 Å². The highest BCUT2D eigenvalue weighted by molar-refractivity contribution is 5.77. The van der Waals surface area contributed by atoms with Crippen molar-refractivity contribution in [2.75, 3.05) is 20.3 Å². The molecule has 0 saturated heterocycles. The number of nitrogens with two attached hydrogens (primary N) is 1. The van der Waals surface area contributed by atoms with E-state index in [-0.39, 0.29) is 24.6 Å². The van der Waals surface area contributed by atoms with Crippen molar-refractivity contribution >= 4 is 5.91 Å². The minimum Gasteiger partial charge on any atom is -0.484 e. The highest BCUT2D eigenvalue weighted by Gasteiger charge is 2.07. The molecule has 5 heteroatoms. The number of nitrogens with one attached hydrogen (secondary N) is 1. The first-order valence-corrected chi connectivity index (χ1v) is 6.29.